The number of hydrogen-bond donors (Lipinski definition) is 1. The Kier molecular flexibility index (Phi) is 4.10. The number of para-hydroxylation sites is 1. The van der Waals surface area contributed by atoms with Crippen molar-refractivity contribution in [3.05, 3.63) is 29.8 Å². The third kappa shape index (κ3) is 3.14. The predicted molar refractivity (Wildman–Crippen MR) is 59.6 cm³/mol. The van der Waals surface area contributed by atoms with Crippen molar-refractivity contribution in [1.29, 1.82) is 0 Å². The average molecular weight is 217 g/mol. The van der Waals surface area contributed by atoms with E-state index < -0.39 is 11.9 Å². The normalized spacial score (nSPS) is 9.00. The zero-order valence-corrected chi connectivity index (χ0v) is 8.82. The summed E-state index contributed by atoms with van der Waals surface area (Å²) in [4.78, 5) is 22.2. The van der Waals surface area contributed by atoms with Crippen molar-refractivity contribution in [3.8, 4) is 12.3 Å². The summed E-state index contributed by atoms with van der Waals surface area (Å²) in [5.41, 5.74) is 1.08. The summed E-state index contributed by atoms with van der Waals surface area (Å²) in [6, 6.07) is 6.89. The molecular formula is C12H11NO3. The van der Waals surface area contributed by atoms with E-state index in [0.717, 1.165) is 0 Å². The number of terminal acetylenes is 1. The van der Waals surface area contributed by atoms with Gasteiger partial charge in [0.2, 0.25) is 5.91 Å². The Hall–Kier alpha value is -2.28. The molecule has 4 heteroatoms. The third-order valence-electron chi connectivity index (χ3n) is 1.89. The molecule has 0 atom stereocenters. The van der Waals surface area contributed by atoms with Crippen LogP contribution in [0.1, 0.15) is 12.0 Å². The van der Waals surface area contributed by atoms with Crippen molar-refractivity contribution in [2.45, 2.75) is 6.42 Å². The zero-order chi connectivity index (χ0) is 12.0. The number of ether oxygens (including phenoxy) is 1. The van der Waals surface area contributed by atoms with E-state index in [1.165, 1.54) is 7.11 Å². The molecule has 0 radical (unpaired) electrons. The number of methoxy groups -OCH3 is 1. The van der Waals surface area contributed by atoms with Crippen LogP contribution < -0.4 is 5.32 Å². The maximum atomic E-state index is 11.4. The Balaban J connectivity index is 2.70. The van der Waals surface area contributed by atoms with Gasteiger partial charge in [0.05, 0.1) is 12.8 Å². The van der Waals surface area contributed by atoms with Crippen molar-refractivity contribution < 1.29 is 14.3 Å². The average Bonchev–Trinajstić information content (AvgIpc) is 2.29. The van der Waals surface area contributed by atoms with Crippen LogP contribution in [-0.2, 0) is 14.3 Å². The third-order valence-corrected chi connectivity index (χ3v) is 1.89. The highest BCUT2D eigenvalue weighted by Gasteiger charge is 2.10. The van der Waals surface area contributed by atoms with Gasteiger partial charge in [-0.1, -0.05) is 18.1 Å². The molecule has 0 fully saturated rings. The number of esters is 1. The smallest absolute Gasteiger partial charge is 0.315 e. The lowest BCUT2D eigenvalue weighted by Gasteiger charge is -2.06. The molecule has 4 nitrogen and oxygen atoms in total. The predicted octanol–water partition coefficient (Wildman–Crippen LogP) is 1.17. The summed E-state index contributed by atoms with van der Waals surface area (Å²) < 4.78 is 4.38. The molecule has 0 bridgehead atoms. The molecule has 0 saturated carbocycles. The highest BCUT2D eigenvalue weighted by molar-refractivity contribution is 6.02. The molecule has 82 valence electrons. The van der Waals surface area contributed by atoms with Gasteiger partial charge < -0.3 is 10.1 Å². The van der Waals surface area contributed by atoms with Gasteiger partial charge in [0.1, 0.15) is 6.42 Å². The molecule has 1 N–H and O–H groups in total. The van der Waals surface area contributed by atoms with Gasteiger partial charge in [0, 0.05) is 5.56 Å². The molecule has 0 aromatic heterocycles. The summed E-state index contributed by atoms with van der Waals surface area (Å²) in [5, 5.41) is 2.54. The van der Waals surface area contributed by atoms with Crippen molar-refractivity contribution in [1.82, 2.24) is 0 Å². The fraction of sp³-hybridized carbons (Fsp3) is 0.167. The lowest BCUT2D eigenvalue weighted by atomic mass is 10.2. The van der Waals surface area contributed by atoms with Crippen molar-refractivity contribution >= 4 is 17.6 Å². The molecule has 0 aliphatic heterocycles. The van der Waals surface area contributed by atoms with Gasteiger partial charge in [0.15, 0.2) is 0 Å². The maximum absolute atomic E-state index is 11.4. The van der Waals surface area contributed by atoms with Crippen LogP contribution in [-0.4, -0.2) is 19.0 Å². The first-order valence-electron chi connectivity index (χ1n) is 4.59. The minimum absolute atomic E-state index is 0.324. The van der Waals surface area contributed by atoms with Crippen LogP contribution in [0.2, 0.25) is 0 Å². The van der Waals surface area contributed by atoms with Crippen LogP contribution in [0.5, 0.6) is 0 Å². The number of anilines is 1. The molecule has 1 aromatic rings. The van der Waals surface area contributed by atoms with E-state index in [-0.39, 0.29) is 6.42 Å². The van der Waals surface area contributed by atoms with Gasteiger partial charge >= 0.3 is 5.97 Å². The van der Waals surface area contributed by atoms with Crippen LogP contribution in [0.3, 0.4) is 0 Å². The van der Waals surface area contributed by atoms with E-state index in [4.69, 9.17) is 6.42 Å². The van der Waals surface area contributed by atoms with Gasteiger partial charge in [-0.05, 0) is 12.1 Å². The van der Waals surface area contributed by atoms with Gasteiger partial charge in [-0.25, -0.2) is 0 Å². The summed E-state index contributed by atoms with van der Waals surface area (Å²) in [6.45, 7) is 0. The van der Waals surface area contributed by atoms with Crippen LogP contribution in [0.4, 0.5) is 5.69 Å². The summed E-state index contributed by atoms with van der Waals surface area (Å²) >= 11 is 0. The number of benzene rings is 1. The maximum Gasteiger partial charge on any atom is 0.315 e. The van der Waals surface area contributed by atoms with Crippen molar-refractivity contribution in [3.63, 3.8) is 0 Å². The lowest BCUT2D eigenvalue weighted by Crippen LogP contribution is -2.17. The molecule has 16 heavy (non-hydrogen) atoms. The highest BCUT2D eigenvalue weighted by Crippen LogP contribution is 2.13. The van der Waals surface area contributed by atoms with E-state index in [1.807, 2.05) is 0 Å². The molecule has 0 aliphatic rings. The van der Waals surface area contributed by atoms with Crippen LogP contribution >= 0.6 is 0 Å². The number of amides is 1. The Labute approximate surface area is 93.6 Å². The fourth-order valence-corrected chi connectivity index (χ4v) is 1.12. The van der Waals surface area contributed by atoms with Gasteiger partial charge in [0.25, 0.3) is 0 Å². The van der Waals surface area contributed by atoms with Crippen LogP contribution in [0.15, 0.2) is 24.3 Å². The Morgan fingerprint density at radius 3 is 2.75 bits per heavy atom. The van der Waals surface area contributed by atoms with E-state index in [1.54, 1.807) is 24.3 Å². The molecule has 0 heterocycles. The summed E-state index contributed by atoms with van der Waals surface area (Å²) in [6.07, 6.45) is 4.94. The SMILES string of the molecule is C#Cc1ccccc1NC(=O)CC(=O)OC. The molecule has 0 unspecified atom stereocenters. The van der Waals surface area contributed by atoms with Crippen molar-refractivity contribution in [2.75, 3.05) is 12.4 Å². The second kappa shape index (κ2) is 5.56. The molecule has 1 aromatic carbocycles. The Morgan fingerprint density at radius 2 is 2.12 bits per heavy atom. The van der Waals surface area contributed by atoms with Gasteiger partial charge in [-0.15, -0.1) is 6.42 Å². The number of hydrogen-bond acceptors (Lipinski definition) is 3. The molecule has 1 amide bonds. The quantitative estimate of drug-likeness (QED) is 0.469. The minimum atomic E-state index is -0.587. The van der Waals surface area contributed by atoms with E-state index in [0.29, 0.717) is 11.3 Å². The number of carbonyl (C=O) groups is 2. The van der Waals surface area contributed by atoms with Crippen molar-refractivity contribution in [2.24, 2.45) is 0 Å². The first-order chi connectivity index (χ1) is 7.67. The molecule has 0 spiro atoms. The monoisotopic (exact) mass is 217 g/mol. The highest BCUT2D eigenvalue weighted by atomic mass is 16.5. The van der Waals surface area contributed by atoms with Gasteiger partial charge in [-0.3, -0.25) is 9.59 Å². The van der Waals surface area contributed by atoms with E-state index >= 15 is 0 Å². The molecule has 0 aliphatic carbocycles. The summed E-state index contributed by atoms with van der Waals surface area (Å²) in [5.74, 6) is 1.40. The zero-order valence-electron chi connectivity index (χ0n) is 8.82. The largest absolute Gasteiger partial charge is 0.469 e. The first-order valence-corrected chi connectivity index (χ1v) is 4.59. The number of rotatable bonds is 3. The second-order valence-corrected chi connectivity index (χ2v) is 2.99. The standard InChI is InChI=1S/C12H11NO3/c1-3-9-6-4-5-7-10(9)13-11(14)8-12(15)16-2/h1,4-7H,8H2,2H3,(H,13,14). The number of nitrogens with one attached hydrogen (secondary N) is 1. The van der Waals surface area contributed by atoms with Crippen LogP contribution in [0.25, 0.3) is 0 Å². The number of carbonyl (C=O) groups excluding carboxylic acids is 2. The lowest BCUT2D eigenvalue weighted by molar-refractivity contribution is -0.142. The van der Waals surface area contributed by atoms with E-state index in [9.17, 15) is 9.59 Å². The Bertz CT molecular complexity index is 446. The molecular weight excluding hydrogens is 206 g/mol. The molecule has 1 rings (SSSR count). The van der Waals surface area contributed by atoms with Gasteiger partial charge in [-0.2, -0.15) is 0 Å². The topological polar surface area (TPSA) is 55.4 Å². The fourth-order valence-electron chi connectivity index (χ4n) is 1.12. The minimum Gasteiger partial charge on any atom is -0.469 e. The van der Waals surface area contributed by atoms with E-state index in [2.05, 4.69) is 16.0 Å². The Morgan fingerprint density at radius 1 is 1.44 bits per heavy atom. The van der Waals surface area contributed by atoms with Crippen LogP contribution in [0, 0.1) is 12.3 Å². The second-order valence-electron chi connectivity index (χ2n) is 2.99. The molecule has 0 saturated heterocycles. The summed E-state index contributed by atoms with van der Waals surface area (Å²) in [7, 11) is 1.23. The first kappa shape index (κ1) is 11.8.